The van der Waals surface area contributed by atoms with Gasteiger partial charge >= 0.3 is 5.76 Å². The number of carbonyl (C=O) groups is 1. The lowest BCUT2D eigenvalue weighted by molar-refractivity contribution is -0.132. The largest absolute Gasteiger partial charge is 0.442 e. The van der Waals surface area contributed by atoms with E-state index in [0.717, 1.165) is 4.57 Å². The summed E-state index contributed by atoms with van der Waals surface area (Å²) in [7, 11) is 1.67. The highest BCUT2D eigenvalue weighted by Gasteiger charge is 2.20. The van der Waals surface area contributed by atoms with Crippen LogP contribution in [0.3, 0.4) is 0 Å². The summed E-state index contributed by atoms with van der Waals surface area (Å²) in [5.74, 6) is -0.556. The molecule has 0 N–H and O–H groups in total. The molecule has 2 heterocycles. The fraction of sp³-hybridized carbons (Fsp3) is 0.417. The molecule has 0 bridgehead atoms. The molecule has 0 aliphatic carbocycles. The molecular formula is C12H15N5O3. The van der Waals surface area contributed by atoms with Crippen molar-refractivity contribution in [2.75, 3.05) is 7.05 Å². The standard InChI is InChI=1S/C12H15N5O3/c1-8(2)16(3)9(18)7-17-11(15-20-12(17)19)10-13-5-4-6-14-10/h4-6,8H,7H2,1-3H3. The molecule has 0 radical (unpaired) electrons. The first-order chi connectivity index (χ1) is 9.50. The van der Waals surface area contributed by atoms with Crippen LogP contribution in [0.15, 0.2) is 27.8 Å². The third-order valence-corrected chi connectivity index (χ3v) is 2.91. The fourth-order valence-corrected chi connectivity index (χ4v) is 1.52. The van der Waals surface area contributed by atoms with E-state index in [1.165, 1.54) is 17.3 Å². The van der Waals surface area contributed by atoms with Gasteiger partial charge in [0.25, 0.3) is 0 Å². The van der Waals surface area contributed by atoms with Crippen molar-refractivity contribution in [1.82, 2.24) is 24.6 Å². The first kappa shape index (κ1) is 13.9. The molecule has 0 spiro atoms. The maximum absolute atomic E-state index is 12.0. The SMILES string of the molecule is CC(C)N(C)C(=O)Cn1c(-c2ncccn2)noc1=O. The molecule has 0 aliphatic rings. The van der Waals surface area contributed by atoms with Crippen LogP contribution in [0.25, 0.3) is 11.6 Å². The lowest BCUT2D eigenvalue weighted by Crippen LogP contribution is -2.37. The zero-order valence-electron chi connectivity index (χ0n) is 11.5. The topological polar surface area (TPSA) is 94.1 Å². The summed E-state index contributed by atoms with van der Waals surface area (Å²) < 4.78 is 5.72. The number of hydrogen-bond donors (Lipinski definition) is 0. The minimum atomic E-state index is -0.710. The zero-order valence-corrected chi connectivity index (χ0v) is 11.5. The molecule has 20 heavy (non-hydrogen) atoms. The van der Waals surface area contributed by atoms with E-state index < -0.39 is 5.76 Å². The molecule has 2 rings (SSSR count). The van der Waals surface area contributed by atoms with Gasteiger partial charge in [-0.25, -0.2) is 19.3 Å². The molecule has 0 atom stereocenters. The van der Waals surface area contributed by atoms with Gasteiger partial charge in [0, 0.05) is 25.5 Å². The van der Waals surface area contributed by atoms with Crippen LogP contribution < -0.4 is 5.76 Å². The third-order valence-electron chi connectivity index (χ3n) is 2.91. The maximum atomic E-state index is 12.0. The summed E-state index contributed by atoms with van der Waals surface area (Å²) in [5.41, 5.74) is 0. The van der Waals surface area contributed by atoms with Gasteiger partial charge in [0.1, 0.15) is 6.54 Å². The second kappa shape index (κ2) is 5.64. The first-order valence-corrected chi connectivity index (χ1v) is 6.10. The van der Waals surface area contributed by atoms with Crippen LogP contribution in [-0.4, -0.2) is 43.6 Å². The third kappa shape index (κ3) is 2.73. The second-order valence-electron chi connectivity index (χ2n) is 4.53. The zero-order chi connectivity index (χ0) is 14.7. The van der Waals surface area contributed by atoms with Crippen molar-refractivity contribution in [3.8, 4) is 11.6 Å². The summed E-state index contributed by atoms with van der Waals surface area (Å²) in [4.78, 5) is 33.2. The van der Waals surface area contributed by atoms with E-state index in [1.807, 2.05) is 13.8 Å². The van der Waals surface area contributed by atoms with Crippen molar-refractivity contribution in [1.29, 1.82) is 0 Å². The monoisotopic (exact) mass is 277 g/mol. The van der Waals surface area contributed by atoms with Crippen LogP contribution >= 0.6 is 0 Å². The minimum Gasteiger partial charge on any atom is -0.342 e. The minimum absolute atomic E-state index is 0.0366. The van der Waals surface area contributed by atoms with Gasteiger partial charge < -0.3 is 4.90 Å². The van der Waals surface area contributed by atoms with Crippen molar-refractivity contribution < 1.29 is 9.32 Å². The Morgan fingerprint density at radius 3 is 2.65 bits per heavy atom. The fourth-order valence-electron chi connectivity index (χ4n) is 1.52. The average Bonchev–Trinajstić information content (AvgIpc) is 2.80. The van der Waals surface area contributed by atoms with Gasteiger partial charge in [0.2, 0.25) is 11.7 Å². The number of likely N-dealkylation sites (N-methyl/N-ethyl adjacent to an activating group) is 1. The molecule has 0 aliphatic heterocycles. The van der Waals surface area contributed by atoms with Gasteiger partial charge in [-0.15, -0.1) is 0 Å². The van der Waals surface area contributed by atoms with Gasteiger partial charge in [0.15, 0.2) is 5.82 Å². The number of aromatic nitrogens is 4. The van der Waals surface area contributed by atoms with E-state index >= 15 is 0 Å². The molecular weight excluding hydrogens is 262 g/mol. The van der Waals surface area contributed by atoms with Crippen LogP contribution in [0.2, 0.25) is 0 Å². The van der Waals surface area contributed by atoms with Gasteiger partial charge in [-0.05, 0) is 19.9 Å². The van der Waals surface area contributed by atoms with Crippen LogP contribution in [0.5, 0.6) is 0 Å². The molecule has 0 aromatic carbocycles. The molecule has 0 saturated carbocycles. The Labute approximate surface area is 115 Å². The van der Waals surface area contributed by atoms with E-state index in [2.05, 4.69) is 19.6 Å². The average molecular weight is 277 g/mol. The predicted molar refractivity (Wildman–Crippen MR) is 69.7 cm³/mol. The van der Waals surface area contributed by atoms with Crippen molar-refractivity contribution in [2.45, 2.75) is 26.4 Å². The Balaban J connectivity index is 2.32. The van der Waals surface area contributed by atoms with Gasteiger partial charge in [-0.1, -0.05) is 5.16 Å². The van der Waals surface area contributed by atoms with E-state index in [9.17, 15) is 9.59 Å². The lowest BCUT2D eigenvalue weighted by atomic mass is 10.3. The summed E-state index contributed by atoms with van der Waals surface area (Å²) in [5, 5.41) is 3.62. The molecule has 1 amide bonds. The number of hydrogen-bond acceptors (Lipinski definition) is 6. The highest BCUT2D eigenvalue weighted by Crippen LogP contribution is 2.09. The van der Waals surface area contributed by atoms with Crippen molar-refractivity contribution in [2.24, 2.45) is 0 Å². The van der Waals surface area contributed by atoms with Crippen molar-refractivity contribution in [3.63, 3.8) is 0 Å². The summed E-state index contributed by atoms with van der Waals surface area (Å²) in [6.45, 7) is 3.61. The molecule has 0 saturated heterocycles. The predicted octanol–water partition coefficient (Wildman–Crippen LogP) is 0.160. The Bertz CT molecular complexity index is 647. The normalized spacial score (nSPS) is 10.8. The number of nitrogens with zero attached hydrogens (tertiary/aromatic N) is 5. The molecule has 0 unspecified atom stereocenters. The van der Waals surface area contributed by atoms with Crippen molar-refractivity contribution in [3.05, 3.63) is 29.0 Å². The summed E-state index contributed by atoms with van der Waals surface area (Å²) >= 11 is 0. The Morgan fingerprint density at radius 2 is 2.05 bits per heavy atom. The Hall–Kier alpha value is -2.51. The van der Waals surface area contributed by atoms with Crippen LogP contribution in [0.1, 0.15) is 13.8 Å². The number of rotatable bonds is 4. The second-order valence-corrected chi connectivity index (χ2v) is 4.53. The van der Waals surface area contributed by atoms with Gasteiger partial charge in [0.05, 0.1) is 0 Å². The van der Waals surface area contributed by atoms with Crippen molar-refractivity contribution >= 4 is 5.91 Å². The molecule has 0 fully saturated rings. The van der Waals surface area contributed by atoms with E-state index in [1.54, 1.807) is 13.1 Å². The first-order valence-electron chi connectivity index (χ1n) is 6.10. The molecule has 2 aromatic heterocycles. The van der Waals surface area contributed by atoms with Gasteiger partial charge in [-0.2, -0.15) is 0 Å². The molecule has 8 nitrogen and oxygen atoms in total. The molecule has 106 valence electrons. The smallest absolute Gasteiger partial charge is 0.342 e. The van der Waals surface area contributed by atoms with E-state index in [0.29, 0.717) is 0 Å². The Kier molecular flexibility index (Phi) is 3.92. The number of carbonyl (C=O) groups excluding carboxylic acids is 1. The van der Waals surface area contributed by atoms with E-state index in [-0.39, 0.29) is 30.1 Å². The van der Waals surface area contributed by atoms with Crippen LogP contribution in [0.4, 0.5) is 0 Å². The van der Waals surface area contributed by atoms with Gasteiger partial charge in [-0.3, -0.25) is 9.32 Å². The molecule has 8 heteroatoms. The highest BCUT2D eigenvalue weighted by atomic mass is 16.5. The van der Waals surface area contributed by atoms with Crippen LogP contribution in [-0.2, 0) is 11.3 Å². The number of amides is 1. The van der Waals surface area contributed by atoms with E-state index in [4.69, 9.17) is 0 Å². The summed E-state index contributed by atoms with van der Waals surface area (Å²) in [6, 6.07) is 1.68. The maximum Gasteiger partial charge on any atom is 0.442 e. The lowest BCUT2D eigenvalue weighted by Gasteiger charge is -2.21. The molecule has 2 aromatic rings. The quantitative estimate of drug-likeness (QED) is 0.790. The Morgan fingerprint density at radius 1 is 1.40 bits per heavy atom. The summed E-state index contributed by atoms with van der Waals surface area (Å²) in [6.07, 6.45) is 3.04. The highest BCUT2D eigenvalue weighted by molar-refractivity contribution is 5.76. The van der Waals surface area contributed by atoms with Crippen LogP contribution in [0, 0.1) is 0 Å².